The van der Waals surface area contributed by atoms with Gasteiger partial charge in [-0.3, -0.25) is 9.52 Å². The first-order chi connectivity index (χ1) is 16.9. The van der Waals surface area contributed by atoms with Gasteiger partial charge in [-0.1, -0.05) is 6.92 Å². The number of amides is 1. The van der Waals surface area contributed by atoms with Crippen molar-refractivity contribution in [2.24, 2.45) is 0 Å². The molecule has 0 unspecified atom stereocenters. The average Bonchev–Trinajstić information content (AvgIpc) is 2.89. The predicted molar refractivity (Wildman–Crippen MR) is 138 cm³/mol. The predicted octanol–water partition coefficient (Wildman–Crippen LogP) is 2.07. The van der Waals surface area contributed by atoms with Gasteiger partial charge in [0.05, 0.1) is 22.9 Å². The lowest BCUT2D eigenvalue weighted by atomic mass is 10.1. The Hall–Kier alpha value is -2.82. The Bertz CT molecular complexity index is 1110. The van der Waals surface area contributed by atoms with Crippen LogP contribution in [-0.4, -0.2) is 89.6 Å². The second-order valence-corrected chi connectivity index (χ2v) is 10.4. The molecule has 2 aromatic carbocycles. The van der Waals surface area contributed by atoms with Crippen LogP contribution in [0.3, 0.4) is 0 Å². The van der Waals surface area contributed by atoms with E-state index in [1.54, 1.807) is 24.3 Å². The van der Waals surface area contributed by atoms with Gasteiger partial charge in [-0.05, 0) is 55.9 Å². The summed E-state index contributed by atoms with van der Waals surface area (Å²) in [6.45, 7) is 11.6. The van der Waals surface area contributed by atoms with Gasteiger partial charge >= 0.3 is 0 Å². The number of ether oxygens (including phenoxy) is 1. The van der Waals surface area contributed by atoms with Crippen molar-refractivity contribution in [3.63, 3.8) is 0 Å². The Labute approximate surface area is 208 Å². The molecular formula is C25H35N5O4S. The number of anilines is 2. The number of piperazine rings is 2. The van der Waals surface area contributed by atoms with Gasteiger partial charge in [0, 0.05) is 57.9 Å². The van der Waals surface area contributed by atoms with E-state index in [4.69, 9.17) is 4.74 Å². The number of carbonyl (C=O) groups is 1. The van der Waals surface area contributed by atoms with E-state index in [9.17, 15) is 13.2 Å². The highest BCUT2D eigenvalue weighted by molar-refractivity contribution is 7.92. The summed E-state index contributed by atoms with van der Waals surface area (Å²) in [5, 5.41) is 3.32. The van der Waals surface area contributed by atoms with Crippen LogP contribution in [0.25, 0.3) is 0 Å². The summed E-state index contributed by atoms with van der Waals surface area (Å²) in [7, 11) is -3.86. The lowest BCUT2D eigenvalue weighted by Crippen LogP contribution is -2.48. The minimum absolute atomic E-state index is 0.0749. The Kier molecular flexibility index (Phi) is 8.15. The van der Waals surface area contributed by atoms with Crippen molar-refractivity contribution < 1.29 is 17.9 Å². The van der Waals surface area contributed by atoms with Crippen LogP contribution >= 0.6 is 0 Å². The third-order valence-corrected chi connectivity index (χ3v) is 7.88. The molecule has 4 rings (SSSR count). The summed E-state index contributed by atoms with van der Waals surface area (Å²) in [6.07, 6.45) is 0. The van der Waals surface area contributed by atoms with Gasteiger partial charge < -0.3 is 24.8 Å². The van der Waals surface area contributed by atoms with Crippen LogP contribution in [0.1, 0.15) is 24.2 Å². The molecule has 2 aromatic rings. The van der Waals surface area contributed by atoms with Crippen molar-refractivity contribution in [3.8, 4) is 5.75 Å². The quantitative estimate of drug-likeness (QED) is 0.572. The third kappa shape index (κ3) is 6.06. The Morgan fingerprint density at radius 3 is 2.29 bits per heavy atom. The molecule has 0 aliphatic carbocycles. The zero-order chi connectivity index (χ0) is 24.8. The summed E-state index contributed by atoms with van der Waals surface area (Å²) in [6, 6.07) is 11.7. The van der Waals surface area contributed by atoms with E-state index in [0.29, 0.717) is 36.7 Å². The van der Waals surface area contributed by atoms with E-state index >= 15 is 0 Å². The molecule has 190 valence electrons. The molecule has 0 radical (unpaired) electrons. The molecule has 2 heterocycles. The molecule has 2 aliphatic heterocycles. The number of hydrogen-bond donors (Lipinski definition) is 2. The lowest BCUT2D eigenvalue weighted by molar-refractivity contribution is 0.0643. The standard InChI is InChI=1S/C25H35N5O4S/c1-3-28-15-17-30(18-16-28)25(31)20-5-10-24(29-13-11-26-12-14-29)23(19-20)27-35(32,33)22-8-6-21(7-9-22)34-4-2/h5-10,19,26-27H,3-4,11-18H2,1-2H3. The van der Waals surface area contributed by atoms with Gasteiger partial charge in [0.1, 0.15) is 5.75 Å². The van der Waals surface area contributed by atoms with Gasteiger partial charge in [-0.25, -0.2) is 8.42 Å². The molecule has 1 amide bonds. The maximum Gasteiger partial charge on any atom is 0.261 e. The maximum absolute atomic E-state index is 13.3. The highest BCUT2D eigenvalue weighted by Crippen LogP contribution is 2.31. The number of rotatable bonds is 8. The molecule has 0 bridgehead atoms. The molecule has 35 heavy (non-hydrogen) atoms. The third-order valence-electron chi connectivity index (χ3n) is 6.50. The average molecular weight is 502 g/mol. The summed E-state index contributed by atoms with van der Waals surface area (Å²) < 4.78 is 34.7. The Morgan fingerprint density at radius 2 is 1.66 bits per heavy atom. The van der Waals surface area contributed by atoms with E-state index in [1.807, 2.05) is 17.9 Å². The van der Waals surface area contributed by atoms with Gasteiger partial charge in [0.25, 0.3) is 15.9 Å². The van der Waals surface area contributed by atoms with E-state index in [0.717, 1.165) is 51.5 Å². The van der Waals surface area contributed by atoms with Crippen LogP contribution in [0.15, 0.2) is 47.4 Å². The van der Waals surface area contributed by atoms with Crippen LogP contribution in [0.5, 0.6) is 5.75 Å². The molecule has 9 nitrogen and oxygen atoms in total. The molecule has 0 aromatic heterocycles. The zero-order valence-electron chi connectivity index (χ0n) is 20.5. The largest absolute Gasteiger partial charge is 0.494 e. The van der Waals surface area contributed by atoms with Crippen LogP contribution < -0.4 is 19.7 Å². The van der Waals surface area contributed by atoms with Crippen molar-refractivity contribution in [1.82, 2.24) is 15.1 Å². The minimum atomic E-state index is -3.86. The maximum atomic E-state index is 13.3. The molecule has 0 saturated carbocycles. The fourth-order valence-electron chi connectivity index (χ4n) is 4.47. The van der Waals surface area contributed by atoms with Crippen LogP contribution in [0.4, 0.5) is 11.4 Å². The highest BCUT2D eigenvalue weighted by atomic mass is 32.2. The molecule has 0 atom stereocenters. The highest BCUT2D eigenvalue weighted by Gasteiger charge is 2.25. The fourth-order valence-corrected chi connectivity index (χ4v) is 5.53. The van der Waals surface area contributed by atoms with E-state index in [-0.39, 0.29) is 10.8 Å². The topological polar surface area (TPSA) is 94.2 Å². The van der Waals surface area contributed by atoms with E-state index < -0.39 is 10.0 Å². The summed E-state index contributed by atoms with van der Waals surface area (Å²) in [5.74, 6) is 0.540. The summed E-state index contributed by atoms with van der Waals surface area (Å²) in [5.41, 5.74) is 1.67. The molecule has 0 spiro atoms. The van der Waals surface area contributed by atoms with Gasteiger partial charge in [0.15, 0.2) is 0 Å². The Morgan fingerprint density at radius 1 is 0.971 bits per heavy atom. The molecule has 2 saturated heterocycles. The second kappa shape index (κ2) is 11.3. The van der Waals surface area contributed by atoms with Crippen molar-refractivity contribution >= 4 is 27.3 Å². The van der Waals surface area contributed by atoms with Crippen molar-refractivity contribution in [3.05, 3.63) is 48.0 Å². The minimum Gasteiger partial charge on any atom is -0.494 e. The first kappa shape index (κ1) is 25.3. The number of likely N-dealkylation sites (N-methyl/N-ethyl adjacent to an activating group) is 1. The summed E-state index contributed by atoms with van der Waals surface area (Å²) >= 11 is 0. The molecule has 2 aliphatic rings. The molecule has 2 N–H and O–H groups in total. The van der Waals surface area contributed by atoms with Gasteiger partial charge in [-0.15, -0.1) is 0 Å². The van der Waals surface area contributed by atoms with E-state index in [1.165, 1.54) is 12.1 Å². The van der Waals surface area contributed by atoms with Gasteiger partial charge in [0.2, 0.25) is 0 Å². The molecule has 2 fully saturated rings. The molecule has 10 heteroatoms. The lowest BCUT2D eigenvalue weighted by Gasteiger charge is -2.34. The number of benzene rings is 2. The smallest absolute Gasteiger partial charge is 0.261 e. The van der Waals surface area contributed by atoms with Crippen LogP contribution in [-0.2, 0) is 10.0 Å². The molecular weight excluding hydrogens is 466 g/mol. The number of carbonyl (C=O) groups excluding carboxylic acids is 1. The van der Waals surface area contributed by atoms with E-state index in [2.05, 4.69) is 26.8 Å². The first-order valence-electron chi connectivity index (χ1n) is 12.3. The monoisotopic (exact) mass is 501 g/mol. The second-order valence-electron chi connectivity index (χ2n) is 8.71. The fraction of sp³-hybridized carbons (Fsp3) is 0.480. The Balaban J connectivity index is 1.61. The van der Waals surface area contributed by atoms with Crippen molar-refractivity contribution in [2.45, 2.75) is 18.7 Å². The van der Waals surface area contributed by atoms with Crippen molar-refractivity contribution in [2.75, 3.05) is 75.1 Å². The normalized spacial score (nSPS) is 17.3. The van der Waals surface area contributed by atoms with Crippen LogP contribution in [0, 0.1) is 0 Å². The summed E-state index contributed by atoms with van der Waals surface area (Å²) in [4.78, 5) is 19.7. The number of nitrogens with zero attached hydrogens (tertiary/aromatic N) is 3. The zero-order valence-corrected chi connectivity index (χ0v) is 21.3. The first-order valence-corrected chi connectivity index (χ1v) is 13.8. The van der Waals surface area contributed by atoms with Crippen molar-refractivity contribution in [1.29, 1.82) is 0 Å². The SMILES string of the molecule is CCOc1ccc(S(=O)(=O)Nc2cc(C(=O)N3CCN(CC)CC3)ccc2N2CCNCC2)cc1. The number of nitrogens with one attached hydrogen (secondary N) is 2. The number of sulfonamides is 1. The number of hydrogen-bond acceptors (Lipinski definition) is 7. The van der Waals surface area contributed by atoms with Gasteiger partial charge in [-0.2, -0.15) is 0 Å². The van der Waals surface area contributed by atoms with Crippen LogP contribution in [0.2, 0.25) is 0 Å².